The highest BCUT2D eigenvalue weighted by atomic mass is 16.5. The van der Waals surface area contributed by atoms with Crippen molar-refractivity contribution in [2.75, 3.05) is 0 Å². The maximum Gasteiger partial charge on any atom is 0.326 e. The molecule has 0 N–H and O–H groups in total. The van der Waals surface area contributed by atoms with Gasteiger partial charge in [-0.05, 0) is 31.2 Å². The number of furan rings is 1. The molecule has 5 aromatic rings. The molecule has 0 aliphatic carbocycles. The highest BCUT2D eigenvalue weighted by Crippen LogP contribution is 2.24. The standard InChI is InChI=1S/C22H16N4O5/c1-13-6-8-14(9-7-13)21-24-17(25-31-21)11-29-18(27)10-26-12-23-19-15-4-2-3-5-16(15)30-20(19)22(26)28/h2-9,12H,10-11H2,1H3. The summed E-state index contributed by atoms with van der Waals surface area (Å²) in [6.45, 7) is 1.49. The fraction of sp³-hybridized carbons (Fsp3) is 0.136. The molecule has 0 spiro atoms. The number of benzene rings is 2. The Morgan fingerprint density at radius 3 is 2.77 bits per heavy atom. The average Bonchev–Trinajstić information content (AvgIpc) is 3.40. The van der Waals surface area contributed by atoms with Crippen molar-refractivity contribution in [3.63, 3.8) is 0 Å². The summed E-state index contributed by atoms with van der Waals surface area (Å²) in [5.41, 5.74) is 2.54. The second-order valence-corrected chi connectivity index (χ2v) is 7.00. The summed E-state index contributed by atoms with van der Waals surface area (Å²) in [4.78, 5) is 33.4. The molecule has 9 heteroatoms. The van der Waals surface area contributed by atoms with Gasteiger partial charge >= 0.3 is 5.97 Å². The first-order chi connectivity index (χ1) is 15.1. The first-order valence-electron chi connectivity index (χ1n) is 9.50. The van der Waals surface area contributed by atoms with E-state index in [0.29, 0.717) is 17.0 Å². The molecule has 0 bridgehead atoms. The van der Waals surface area contributed by atoms with Crippen molar-refractivity contribution in [3.05, 3.63) is 76.6 Å². The van der Waals surface area contributed by atoms with E-state index >= 15 is 0 Å². The molecule has 5 rings (SSSR count). The van der Waals surface area contributed by atoms with Crippen LogP contribution in [0, 0.1) is 6.92 Å². The Labute approximate surface area is 174 Å². The number of aromatic nitrogens is 4. The van der Waals surface area contributed by atoms with Crippen LogP contribution in [-0.2, 0) is 22.7 Å². The molecule has 0 saturated heterocycles. The van der Waals surface area contributed by atoms with E-state index in [2.05, 4.69) is 15.1 Å². The number of aryl methyl sites for hydroxylation is 1. The lowest BCUT2D eigenvalue weighted by Gasteiger charge is -2.04. The van der Waals surface area contributed by atoms with E-state index in [1.807, 2.05) is 49.4 Å². The van der Waals surface area contributed by atoms with Crippen LogP contribution in [0.3, 0.4) is 0 Å². The zero-order valence-electron chi connectivity index (χ0n) is 16.4. The Hall–Kier alpha value is -4.27. The van der Waals surface area contributed by atoms with Gasteiger partial charge in [-0.1, -0.05) is 35.0 Å². The molecule has 0 amide bonds. The summed E-state index contributed by atoms with van der Waals surface area (Å²) in [6, 6.07) is 14.8. The molecule has 0 aliphatic heterocycles. The maximum atomic E-state index is 12.7. The minimum Gasteiger partial charge on any atom is -0.456 e. The fourth-order valence-corrected chi connectivity index (χ4v) is 3.18. The van der Waals surface area contributed by atoms with Gasteiger partial charge in [0.15, 0.2) is 6.61 Å². The highest BCUT2D eigenvalue weighted by molar-refractivity contribution is 6.01. The Bertz CT molecular complexity index is 1460. The lowest BCUT2D eigenvalue weighted by atomic mass is 10.1. The Morgan fingerprint density at radius 2 is 1.94 bits per heavy atom. The number of para-hydroxylation sites is 1. The van der Waals surface area contributed by atoms with E-state index in [4.69, 9.17) is 13.7 Å². The normalized spacial score (nSPS) is 11.3. The van der Waals surface area contributed by atoms with Crippen LogP contribution < -0.4 is 5.56 Å². The number of rotatable bonds is 5. The predicted octanol–water partition coefficient (Wildman–Crippen LogP) is 3.24. The Kier molecular flexibility index (Phi) is 4.55. The number of fused-ring (bicyclic) bond motifs is 3. The lowest BCUT2D eigenvalue weighted by molar-refractivity contribution is -0.146. The first kappa shape index (κ1) is 18.7. The zero-order chi connectivity index (χ0) is 21.4. The van der Waals surface area contributed by atoms with Gasteiger partial charge in [-0.2, -0.15) is 4.98 Å². The molecule has 0 saturated carbocycles. The highest BCUT2D eigenvalue weighted by Gasteiger charge is 2.16. The second-order valence-electron chi connectivity index (χ2n) is 7.00. The predicted molar refractivity (Wildman–Crippen MR) is 110 cm³/mol. The molecule has 3 aromatic heterocycles. The van der Waals surface area contributed by atoms with Crippen LogP contribution in [0.15, 0.2) is 68.6 Å². The fourth-order valence-electron chi connectivity index (χ4n) is 3.18. The number of hydrogen-bond acceptors (Lipinski definition) is 8. The molecule has 31 heavy (non-hydrogen) atoms. The van der Waals surface area contributed by atoms with Gasteiger partial charge in [0.05, 0.1) is 6.33 Å². The molecule has 3 heterocycles. The van der Waals surface area contributed by atoms with Crippen molar-refractivity contribution in [1.29, 1.82) is 0 Å². The molecule has 0 unspecified atom stereocenters. The van der Waals surface area contributed by atoms with Gasteiger partial charge < -0.3 is 13.7 Å². The van der Waals surface area contributed by atoms with Gasteiger partial charge in [0.2, 0.25) is 11.4 Å². The van der Waals surface area contributed by atoms with Gasteiger partial charge in [0, 0.05) is 10.9 Å². The molecular formula is C22H16N4O5. The molecule has 2 aromatic carbocycles. The van der Waals surface area contributed by atoms with Gasteiger partial charge in [-0.15, -0.1) is 0 Å². The van der Waals surface area contributed by atoms with Crippen LogP contribution >= 0.6 is 0 Å². The molecular weight excluding hydrogens is 400 g/mol. The summed E-state index contributed by atoms with van der Waals surface area (Å²) in [5, 5.41) is 4.56. The number of hydrogen-bond donors (Lipinski definition) is 0. The SMILES string of the molecule is Cc1ccc(-c2nc(COC(=O)Cn3cnc4c(oc5ccccc54)c3=O)no2)cc1. The van der Waals surface area contributed by atoms with E-state index in [-0.39, 0.29) is 24.6 Å². The molecule has 154 valence electrons. The monoisotopic (exact) mass is 416 g/mol. The van der Waals surface area contributed by atoms with Crippen LogP contribution in [0.2, 0.25) is 0 Å². The van der Waals surface area contributed by atoms with E-state index in [0.717, 1.165) is 21.1 Å². The topological polar surface area (TPSA) is 113 Å². The maximum absolute atomic E-state index is 12.7. The van der Waals surface area contributed by atoms with Crippen molar-refractivity contribution in [1.82, 2.24) is 19.7 Å². The molecule has 0 radical (unpaired) electrons. The summed E-state index contributed by atoms with van der Waals surface area (Å²) in [6.07, 6.45) is 1.30. The van der Waals surface area contributed by atoms with Crippen molar-refractivity contribution >= 4 is 28.0 Å². The smallest absolute Gasteiger partial charge is 0.326 e. The van der Waals surface area contributed by atoms with Crippen LogP contribution in [-0.4, -0.2) is 25.7 Å². The third-order valence-electron chi connectivity index (χ3n) is 4.78. The van der Waals surface area contributed by atoms with Crippen LogP contribution in [0.4, 0.5) is 0 Å². The summed E-state index contributed by atoms with van der Waals surface area (Å²) >= 11 is 0. The minimum absolute atomic E-state index is 0.0948. The number of ether oxygens (including phenoxy) is 1. The summed E-state index contributed by atoms with van der Waals surface area (Å²) in [5.74, 6) is -0.0787. The van der Waals surface area contributed by atoms with Crippen molar-refractivity contribution in [2.24, 2.45) is 0 Å². The number of esters is 1. The number of nitrogens with zero attached hydrogens (tertiary/aromatic N) is 4. The van der Waals surface area contributed by atoms with Gasteiger partial charge in [0.25, 0.3) is 11.4 Å². The second kappa shape index (κ2) is 7.52. The van der Waals surface area contributed by atoms with Crippen molar-refractivity contribution in [2.45, 2.75) is 20.1 Å². The van der Waals surface area contributed by atoms with Gasteiger partial charge in [-0.3, -0.25) is 14.2 Å². The molecule has 9 nitrogen and oxygen atoms in total. The first-order valence-corrected chi connectivity index (χ1v) is 9.50. The van der Waals surface area contributed by atoms with Crippen LogP contribution in [0.25, 0.3) is 33.5 Å². The van der Waals surface area contributed by atoms with Crippen molar-refractivity contribution < 1.29 is 18.5 Å². The largest absolute Gasteiger partial charge is 0.456 e. The third kappa shape index (κ3) is 3.57. The quantitative estimate of drug-likeness (QED) is 0.401. The molecule has 0 aliphatic rings. The molecule has 0 fully saturated rings. The lowest BCUT2D eigenvalue weighted by Crippen LogP contribution is -2.25. The van der Waals surface area contributed by atoms with Crippen molar-refractivity contribution in [3.8, 4) is 11.5 Å². The third-order valence-corrected chi connectivity index (χ3v) is 4.78. The Morgan fingerprint density at radius 1 is 1.13 bits per heavy atom. The van der Waals surface area contributed by atoms with E-state index < -0.39 is 11.5 Å². The van der Waals surface area contributed by atoms with Gasteiger partial charge in [-0.25, -0.2) is 4.98 Å². The average molecular weight is 416 g/mol. The van der Waals surface area contributed by atoms with Crippen LogP contribution in [0.5, 0.6) is 0 Å². The van der Waals surface area contributed by atoms with E-state index in [1.165, 1.54) is 6.33 Å². The van der Waals surface area contributed by atoms with Crippen LogP contribution in [0.1, 0.15) is 11.4 Å². The number of carbonyl (C=O) groups excluding carboxylic acids is 1. The minimum atomic E-state index is -0.638. The molecule has 0 atom stereocenters. The summed E-state index contributed by atoms with van der Waals surface area (Å²) < 4.78 is 17.1. The summed E-state index contributed by atoms with van der Waals surface area (Å²) in [7, 11) is 0. The van der Waals surface area contributed by atoms with Gasteiger partial charge in [0.1, 0.15) is 17.6 Å². The van der Waals surface area contributed by atoms with E-state index in [9.17, 15) is 9.59 Å². The Balaban J connectivity index is 1.28. The number of carbonyl (C=O) groups is 1. The zero-order valence-corrected chi connectivity index (χ0v) is 16.4. The van der Waals surface area contributed by atoms with E-state index in [1.54, 1.807) is 6.07 Å².